The van der Waals surface area contributed by atoms with Crippen LogP contribution in [0.3, 0.4) is 0 Å². The summed E-state index contributed by atoms with van der Waals surface area (Å²) in [4.78, 5) is 0. The van der Waals surface area contributed by atoms with Gasteiger partial charge in [-0.15, -0.1) is 0 Å². The van der Waals surface area contributed by atoms with Crippen molar-refractivity contribution in [2.24, 2.45) is 11.8 Å². The Hall–Kier alpha value is -1.02. The molecular formula is C15H24N2. The molecule has 3 N–H and O–H groups in total. The summed E-state index contributed by atoms with van der Waals surface area (Å²) in [5, 5.41) is 3.55. The fourth-order valence-electron chi connectivity index (χ4n) is 2.64. The summed E-state index contributed by atoms with van der Waals surface area (Å²) in [6.07, 6.45) is 5.58. The van der Waals surface area contributed by atoms with Gasteiger partial charge in [0, 0.05) is 12.2 Å². The van der Waals surface area contributed by atoms with Gasteiger partial charge in [0.2, 0.25) is 0 Å². The third kappa shape index (κ3) is 3.74. The number of hydrogen-bond acceptors (Lipinski definition) is 2. The zero-order valence-corrected chi connectivity index (χ0v) is 10.8. The fraction of sp³-hybridized carbons (Fsp3) is 0.600. The van der Waals surface area contributed by atoms with Crippen LogP contribution in [0.4, 0.5) is 5.69 Å². The van der Waals surface area contributed by atoms with E-state index in [9.17, 15) is 0 Å². The third-order valence-corrected chi connectivity index (χ3v) is 3.94. The van der Waals surface area contributed by atoms with Crippen LogP contribution < -0.4 is 11.1 Å². The fourth-order valence-corrected chi connectivity index (χ4v) is 2.64. The lowest BCUT2D eigenvalue weighted by atomic mass is 9.83. The minimum Gasteiger partial charge on any atom is -0.398 e. The molecule has 0 saturated heterocycles. The lowest BCUT2D eigenvalue weighted by Gasteiger charge is -2.26. The number of nitrogens with one attached hydrogen (secondary N) is 1. The summed E-state index contributed by atoms with van der Waals surface area (Å²) in [7, 11) is 0. The van der Waals surface area contributed by atoms with Crippen LogP contribution in [-0.4, -0.2) is 6.54 Å². The molecular weight excluding hydrogens is 208 g/mol. The highest BCUT2D eigenvalue weighted by molar-refractivity contribution is 5.46. The molecule has 1 aromatic carbocycles. The molecule has 1 aliphatic rings. The van der Waals surface area contributed by atoms with Crippen molar-refractivity contribution in [3.8, 4) is 0 Å². The Balaban J connectivity index is 1.71. The molecule has 17 heavy (non-hydrogen) atoms. The van der Waals surface area contributed by atoms with E-state index >= 15 is 0 Å². The molecule has 1 fully saturated rings. The molecule has 0 bridgehead atoms. The summed E-state index contributed by atoms with van der Waals surface area (Å²) < 4.78 is 0. The van der Waals surface area contributed by atoms with Crippen molar-refractivity contribution in [1.29, 1.82) is 0 Å². The number of nitrogens with two attached hydrogens (primary N) is 1. The van der Waals surface area contributed by atoms with E-state index in [1.807, 2.05) is 12.1 Å². The molecule has 0 atom stereocenters. The van der Waals surface area contributed by atoms with E-state index in [2.05, 4.69) is 24.4 Å². The molecule has 1 saturated carbocycles. The molecule has 0 heterocycles. The zero-order chi connectivity index (χ0) is 12.1. The molecule has 0 amide bonds. The second-order valence-corrected chi connectivity index (χ2v) is 5.46. The Morgan fingerprint density at radius 1 is 1.18 bits per heavy atom. The van der Waals surface area contributed by atoms with Gasteiger partial charge in [-0.1, -0.05) is 38.0 Å². The Morgan fingerprint density at radius 2 is 1.88 bits per heavy atom. The van der Waals surface area contributed by atoms with Crippen molar-refractivity contribution in [1.82, 2.24) is 5.32 Å². The largest absolute Gasteiger partial charge is 0.398 e. The van der Waals surface area contributed by atoms with Crippen LogP contribution in [0.15, 0.2) is 24.3 Å². The number of hydrogen-bond donors (Lipinski definition) is 2. The first-order chi connectivity index (χ1) is 8.25. The number of anilines is 1. The van der Waals surface area contributed by atoms with Crippen LogP contribution in [0.2, 0.25) is 0 Å². The molecule has 2 nitrogen and oxygen atoms in total. The van der Waals surface area contributed by atoms with Gasteiger partial charge in [-0.2, -0.15) is 0 Å². The highest BCUT2D eigenvalue weighted by Crippen LogP contribution is 2.27. The third-order valence-electron chi connectivity index (χ3n) is 3.94. The van der Waals surface area contributed by atoms with Gasteiger partial charge >= 0.3 is 0 Å². The van der Waals surface area contributed by atoms with Gasteiger partial charge in [-0.25, -0.2) is 0 Å². The summed E-state index contributed by atoms with van der Waals surface area (Å²) in [6.45, 7) is 4.41. The van der Waals surface area contributed by atoms with E-state index in [-0.39, 0.29) is 0 Å². The van der Waals surface area contributed by atoms with Crippen molar-refractivity contribution in [2.45, 2.75) is 39.2 Å². The van der Waals surface area contributed by atoms with Gasteiger partial charge < -0.3 is 11.1 Å². The molecule has 0 radical (unpaired) electrons. The first kappa shape index (κ1) is 12.4. The van der Waals surface area contributed by atoms with E-state index in [0.29, 0.717) is 0 Å². The van der Waals surface area contributed by atoms with Crippen molar-refractivity contribution < 1.29 is 0 Å². The normalized spacial score (nSPS) is 24.8. The minimum atomic E-state index is 0.871. The van der Waals surface area contributed by atoms with Crippen molar-refractivity contribution in [2.75, 3.05) is 12.3 Å². The molecule has 0 aromatic heterocycles. The van der Waals surface area contributed by atoms with Gasteiger partial charge in [0.05, 0.1) is 0 Å². The van der Waals surface area contributed by atoms with E-state index in [0.717, 1.165) is 30.6 Å². The minimum absolute atomic E-state index is 0.871. The van der Waals surface area contributed by atoms with Crippen LogP contribution >= 0.6 is 0 Å². The predicted molar refractivity (Wildman–Crippen MR) is 73.7 cm³/mol. The lowest BCUT2D eigenvalue weighted by Crippen LogP contribution is -2.26. The number of para-hydroxylation sites is 1. The Labute approximate surface area is 105 Å². The second-order valence-electron chi connectivity index (χ2n) is 5.46. The highest BCUT2D eigenvalue weighted by Gasteiger charge is 2.17. The van der Waals surface area contributed by atoms with Gasteiger partial charge in [-0.3, -0.25) is 0 Å². The summed E-state index contributed by atoms with van der Waals surface area (Å²) in [5.74, 6) is 1.81. The standard InChI is InChI=1S/C15H24N2/c1-12-6-8-13(9-7-12)10-17-11-14-4-2-3-5-15(14)16/h2-5,12-13,17H,6-11,16H2,1H3. The summed E-state index contributed by atoms with van der Waals surface area (Å²) >= 11 is 0. The zero-order valence-electron chi connectivity index (χ0n) is 10.8. The van der Waals surface area contributed by atoms with Gasteiger partial charge in [-0.05, 0) is 42.9 Å². The first-order valence-electron chi connectivity index (χ1n) is 6.80. The second kappa shape index (κ2) is 6.06. The van der Waals surface area contributed by atoms with Crippen LogP contribution in [-0.2, 0) is 6.54 Å². The Bertz CT molecular complexity index is 341. The molecule has 0 spiro atoms. The monoisotopic (exact) mass is 232 g/mol. The van der Waals surface area contributed by atoms with Crippen molar-refractivity contribution >= 4 is 5.69 Å². The summed E-state index contributed by atoms with van der Waals surface area (Å²) in [5.41, 5.74) is 8.04. The van der Waals surface area contributed by atoms with E-state index in [1.54, 1.807) is 0 Å². The summed E-state index contributed by atoms with van der Waals surface area (Å²) in [6, 6.07) is 8.11. The smallest absolute Gasteiger partial charge is 0.0359 e. The van der Waals surface area contributed by atoms with E-state index < -0.39 is 0 Å². The highest BCUT2D eigenvalue weighted by atomic mass is 14.9. The molecule has 0 unspecified atom stereocenters. The molecule has 1 aliphatic carbocycles. The Morgan fingerprint density at radius 3 is 2.59 bits per heavy atom. The number of rotatable bonds is 4. The van der Waals surface area contributed by atoms with Gasteiger partial charge in [0.25, 0.3) is 0 Å². The number of benzene rings is 1. The average molecular weight is 232 g/mol. The van der Waals surface area contributed by atoms with Gasteiger partial charge in [0.1, 0.15) is 0 Å². The SMILES string of the molecule is CC1CCC(CNCc2ccccc2N)CC1. The predicted octanol–water partition coefficient (Wildman–Crippen LogP) is 3.18. The lowest BCUT2D eigenvalue weighted by molar-refractivity contribution is 0.281. The molecule has 94 valence electrons. The topological polar surface area (TPSA) is 38.0 Å². The average Bonchev–Trinajstić information content (AvgIpc) is 2.34. The van der Waals surface area contributed by atoms with Crippen LogP contribution in [0.5, 0.6) is 0 Å². The quantitative estimate of drug-likeness (QED) is 0.782. The molecule has 2 rings (SSSR count). The number of nitrogen functional groups attached to an aromatic ring is 1. The van der Waals surface area contributed by atoms with Crippen LogP contribution in [0.25, 0.3) is 0 Å². The maximum Gasteiger partial charge on any atom is 0.0359 e. The molecule has 0 aliphatic heterocycles. The molecule has 2 heteroatoms. The van der Waals surface area contributed by atoms with E-state index in [4.69, 9.17) is 5.73 Å². The van der Waals surface area contributed by atoms with Crippen LogP contribution in [0.1, 0.15) is 38.2 Å². The van der Waals surface area contributed by atoms with Gasteiger partial charge in [0.15, 0.2) is 0 Å². The Kier molecular flexibility index (Phi) is 4.43. The first-order valence-corrected chi connectivity index (χ1v) is 6.80. The van der Waals surface area contributed by atoms with Crippen LogP contribution in [0, 0.1) is 11.8 Å². The van der Waals surface area contributed by atoms with Crippen molar-refractivity contribution in [3.05, 3.63) is 29.8 Å². The maximum absolute atomic E-state index is 5.92. The maximum atomic E-state index is 5.92. The van der Waals surface area contributed by atoms with E-state index in [1.165, 1.54) is 31.2 Å². The van der Waals surface area contributed by atoms with Crippen molar-refractivity contribution in [3.63, 3.8) is 0 Å². The molecule has 1 aromatic rings.